The minimum atomic E-state index is -0.883. The van der Waals surface area contributed by atoms with Gasteiger partial charge in [-0.25, -0.2) is 4.79 Å². The molecule has 0 saturated heterocycles. The minimum Gasteiger partial charge on any atom is -0.477 e. The normalized spacial score (nSPS) is 13.5. The van der Waals surface area contributed by atoms with Crippen LogP contribution >= 0.6 is 0 Å². The van der Waals surface area contributed by atoms with Crippen molar-refractivity contribution in [3.63, 3.8) is 0 Å². The third kappa shape index (κ3) is 14.3. The molecule has 0 bridgehead atoms. The first-order chi connectivity index (χ1) is 14.1. The Morgan fingerprint density at radius 1 is 0.867 bits per heavy atom. The summed E-state index contributed by atoms with van der Waals surface area (Å²) in [6.07, 6.45) is 5.83. The third-order valence-corrected chi connectivity index (χ3v) is 4.76. The smallest absolute Gasteiger partial charge is 0.362 e. The summed E-state index contributed by atoms with van der Waals surface area (Å²) >= 11 is 0. The number of carboxylic acids is 1. The Morgan fingerprint density at radius 3 is 2.07 bits per heavy atom. The van der Waals surface area contributed by atoms with Crippen LogP contribution in [0.15, 0.2) is 0 Å². The summed E-state index contributed by atoms with van der Waals surface area (Å²) in [7, 11) is 5.45. The number of quaternary nitrogens is 1. The van der Waals surface area contributed by atoms with Crippen molar-refractivity contribution in [2.75, 3.05) is 41.0 Å². The van der Waals surface area contributed by atoms with E-state index in [1.54, 1.807) is 0 Å². The van der Waals surface area contributed by atoms with Gasteiger partial charge in [0.05, 0.1) is 34.4 Å². The Labute approximate surface area is 181 Å². The van der Waals surface area contributed by atoms with Gasteiger partial charge in [-0.3, -0.25) is 9.59 Å². The molecule has 8 heteroatoms. The Kier molecular flexibility index (Phi) is 15.2. The van der Waals surface area contributed by atoms with Crippen molar-refractivity contribution in [2.45, 2.75) is 83.8 Å². The SMILES string of the molecule is CCCCCCC(=O)OC(COCCC(C(=O)O)[N+](C)(C)C)COC(=O)CCCC. The maximum absolute atomic E-state index is 12.1. The van der Waals surface area contributed by atoms with Crippen molar-refractivity contribution in [1.82, 2.24) is 0 Å². The van der Waals surface area contributed by atoms with Crippen LogP contribution in [0.1, 0.15) is 71.6 Å². The molecule has 0 aromatic heterocycles. The lowest BCUT2D eigenvalue weighted by atomic mass is 10.1. The predicted octanol–water partition coefficient (Wildman–Crippen LogP) is 3.17. The molecule has 0 amide bonds. The van der Waals surface area contributed by atoms with E-state index in [1.807, 2.05) is 28.1 Å². The molecule has 0 heterocycles. The molecule has 0 radical (unpaired) electrons. The fraction of sp³-hybridized carbons (Fsp3) is 0.864. The standard InChI is InChI=1S/C22H41NO7/c1-6-8-10-11-13-21(25)30-18(17-29-20(24)12-9-7-2)16-28-15-14-19(22(26)27)23(3,4)5/h18-19H,6-17H2,1-5H3/p+1. The maximum Gasteiger partial charge on any atom is 0.362 e. The van der Waals surface area contributed by atoms with Gasteiger partial charge in [0.15, 0.2) is 12.1 Å². The van der Waals surface area contributed by atoms with E-state index in [2.05, 4.69) is 6.92 Å². The van der Waals surface area contributed by atoms with Gasteiger partial charge < -0.3 is 23.8 Å². The van der Waals surface area contributed by atoms with Crippen molar-refractivity contribution in [3.8, 4) is 0 Å². The van der Waals surface area contributed by atoms with Crippen molar-refractivity contribution in [1.29, 1.82) is 0 Å². The van der Waals surface area contributed by atoms with Gasteiger partial charge >= 0.3 is 17.9 Å². The van der Waals surface area contributed by atoms with E-state index >= 15 is 0 Å². The van der Waals surface area contributed by atoms with Crippen LogP contribution in [0.5, 0.6) is 0 Å². The molecule has 0 aliphatic carbocycles. The average molecular weight is 433 g/mol. The second kappa shape index (κ2) is 16.1. The van der Waals surface area contributed by atoms with Crippen LogP contribution in [0.25, 0.3) is 0 Å². The van der Waals surface area contributed by atoms with E-state index in [0.717, 1.165) is 38.5 Å². The van der Waals surface area contributed by atoms with Gasteiger partial charge in [0.1, 0.15) is 6.61 Å². The first kappa shape index (κ1) is 28.3. The second-order valence-corrected chi connectivity index (χ2v) is 8.54. The molecule has 0 saturated carbocycles. The minimum absolute atomic E-state index is 0.0546. The van der Waals surface area contributed by atoms with Crippen LogP contribution in [0.4, 0.5) is 0 Å². The highest BCUT2D eigenvalue weighted by molar-refractivity contribution is 5.72. The van der Waals surface area contributed by atoms with Crippen LogP contribution < -0.4 is 0 Å². The van der Waals surface area contributed by atoms with E-state index in [1.165, 1.54) is 0 Å². The molecule has 0 fully saturated rings. The number of ether oxygens (including phenoxy) is 3. The Morgan fingerprint density at radius 2 is 1.50 bits per heavy atom. The van der Waals surface area contributed by atoms with Crippen molar-refractivity contribution in [2.24, 2.45) is 0 Å². The van der Waals surface area contributed by atoms with Crippen LogP contribution in [0, 0.1) is 0 Å². The quantitative estimate of drug-likeness (QED) is 0.202. The van der Waals surface area contributed by atoms with E-state index in [4.69, 9.17) is 14.2 Å². The summed E-state index contributed by atoms with van der Waals surface area (Å²) in [6, 6.07) is -0.601. The predicted molar refractivity (Wildman–Crippen MR) is 114 cm³/mol. The fourth-order valence-corrected chi connectivity index (χ4v) is 2.89. The molecule has 176 valence electrons. The summed E-state index contributed by atoms with van der Waals surface area (Å²) in [5, 5.41) is 9.38. The molecule has 0 aliphatic heterocycles. The number of carbonyl (C=O) groups excluding carboxylic acids is 2. The van der Waals surface area contributed by atoms with Gasteiger partial charge in [-0.2, -0.15) is 0 Å². The van der Waals surface area contributed by atoms with Gasteiger partial charge in [0, 0.05) is 19.3 Å². The van der Waals surface area contributed by atoms with Crippen molar-refractivity contribution >= 4 is 17.9 Å². The van der Waals surface area contributed by atoms with Crippen molar-refractivity contribution < 1.29 is 38.2 Å². The van der Waals surface area contributed by atoms with Crippen LogP contribution in [-0.4, -0.2) is 80.6 Å². The highest BCUT2D eigenvalue weighted by Gasteiger charge is 2.31. The number of esters is 2. The van der Waals surface area contributed by atoms with E-state index in [-0.39, 0.29) is 36.2 Å². The Bertz CT molecular complexity index is 502. The molecule has 0 aliphatic rings. The molecular weight excluding hydrogens is 390 g/mol. The zero-order valence-electron chi connectivity index (χ0n) is 19.5. The van der Waals surface area contributed by atoms with E-state index in [0.29, 0.717) is 19.3 Å². The lowest BCUT2D eigenvalue weighted by Crippen LogP contribution is -2.50. The van der Waals surface area contributed by atoms with Crippen LogP contribution in [-0.2, 0) is 28.6 Å². The second-order valence-electron chi connectivity index (χ2n) is 8.54. The maximum atomic E-state index is 12.1. The summed E-state index contributed by atoms with van der Waals surface area (Å²) in [6.45, 7) is 4.31. The lowest BCUT2D eigenvalue weighted by molar-refractivity contribution is -0.887. The van der Waals surface area contributed by atoms with Crippen LogP contribution in [0.3, 0.4) is 0 Å². The average Bonchev–Trinajstić information content (AvgIpc) is 2.65. The van der Waals surface area contributed by atoms with E-state index < -0.39 is 18.1 Å². The molecule has 0 rings (SSSR count). The van der Waals surface area contributed by atoms with Gasteiger partial charge in [0.25, 0.3) is 0 Å². The Balaban J connectivity index is 4.57. The number of hydrogen-bond donors (Lipinski definition) is 1. The molecule has 0 spiro atoms. The van der Waals surface area contributed by atoms with Gasteiger partial charge in [-0.15, -0.1) is 0 Å². The molecular formula is C22H42NO7+. The number of likely N-dealkylation sites (N-methyl/N-ethyl adjacent to an activating group) is 1. The highest BCUT2D eigenvalue weighted by Crippen LogP contribution is 2.10. The molecule has 0 aromatic carbocycles. The summed E-state index contributed by atoms with van der Waals surface area (Å²) < 4.78 is 16.5. The number of unbranched alkanes of at least 4 members (excludes halogenated alkanes) is 4. The number of carboxylic acid groups (broad SMARTS) is 1. The molecule has 8 nitrogen and oxygen atoms in total. The molecule has 1 N–H and O–H groups in total. The highest BCUT2D eigenvalue weighted by atomic mass is 16.6. The largest absolute Gasteiger partial charge is 0.477 e. The summed E-state index contributed by atoms with van der Waals surface area (Å²) in [5.41, 5.74) is 0. The number of hydrogen-bond acceptors (Lipinski definition) is 6. The molecule has 30 heavy (non-hydrogen) atoms. The van der Waals surface area contributed by atoms with E-state index in [9.17, 15) is 19.5 Å². The number of rotatable bonds is 18. The summed E-state index contributed by atoms with van der Waals surface area (Å²) in [4.78, 5) is 35.3. The van der Waals surface area contributed by atoms with Crippen molar-refractivity contribution in [3.05, 3.63) is 0 Å². The molecule has 2 unspecified atom stereocenters. The third-order valence-electron chi connectivity index (χ3n) is 4.76. The molecule has 2 atom stereocenters. The topological polar surface area (TPSA) is 99.1 Å². The zero-order valence-corrected chi connectivity index (χ0v) is 19.5. The van der Waals surface area contributed by atoms with Gasteiger partial charge in [-0.1, -0.05) is 39.5 Å². The number of aliphatic carboxylic acids is 1. The first-order valence-corrected chi connectivity index (χ1v) is 11.1. The van der Waals surface area contributed by atoms with Gasteiger partial charge in [0.2, 0.25) is 0 Å². The number of carbonyl (C=O) groups is 3. The van der Waals surface area contributed by atoms with Crippen LogP contribution in [0.2, 0.25) is 0 Å². The zero-order chi connectivity index (χ0) is 23.0. The Hall–Kier alpha value is -1.67. The number of nitrogens with zero attached hydrogens (tertiary/aromatic N) is 1. The monoisotopic (exact) mass is 432 g/mol. The summed E-state index contributed by atoms with van der Waals surface area (Å²) in [5.74, 6) is -1.54. The molecule has 0 aromatic rings. The fourth-order valence-electron chi connectivity index (χ4n) is 2.89. The van der Waals surface area contributed by atoms with Gasteiger partial charge in [-0.05, 0) is 12.8 Å². The first-order valence-electron chi connectivity index (χ1n) is 11.1. The lowest BCUT2D eigenvalue weighted by Gasteiger charge is -2.31.